The molecule has 3 nitrogen and oxygen atoms in total. The van der Waals surface area contributed by atoms with Crippen molar-refractivity contribution in [1.29, 1.82) is 0 Å². The molecule has 4 heteroatoms. The van der Waals surface area contributed by atoms with Gasteiger partial charge in [0, 0.05) is 12.0 Å². The number of carbonyl (C=O) groups is 1. The zero-order valence-electron chi connectivity index (χ0n) is 13.0. The van der Waals surface area contributed by atoms with E-state index < -0.39 is 0 Å². The van der Waals surface area contributed by atoms with Crippen LogP contribution in [0.1, 0.15) is 27.9 Å². The van der Waals surface area contributed by atoms with Crippen LogP contribution in [0.2, 0.25) is 0 Å². The average Bonchev–Trinajstić information content (AvgIpc) is 2.55. The number of hydrogen-bond acceptors (Lipinski definition) is 2. The minimum absolute atomic E-state index is 0. The van der Waals surface area contributed by atoms with E-state index in [2.05, 4.69) is 11.4 Å². The highest BCUT2D eigenvalue weighted by molar-refractivity contribution is 6.00. The van der Waals surface area contributed by atoms with E-state index in [4.69, 9.17) is 0 Å². The molecule has 1 unspecified atom stereocenters. The lowest BCUT2D eigenvalue weighted by atomic mass is 9.83. The molecule has 0 amide bonds. The van der Waals surface area contributed by atoms with Crippen molar-refractivity contribution in [2.24, 2.45) is 5.92 Å². The fourth-order valence-corrected chi connectivity index (χ4v) is 3.13. The summed E-state index contributed by atoms with van der Waals surface area (Å²) in [6.45, 7) is 1.83. The molecule has 1 aliphatic rings. The number of fused-ring (bicyclic) bond motifs is 1. The highest BCUT2D eigenvalue weighted by Crippen LogP contribution is 2.24. The topological polar surface area (TPSA) is 53.9 Å². The van der Waals surface area contributed by atoms with E-state index in [-0.39, 0.29) is 18.3 Å². The molecule has 2 aromatic carbocycles. The summed E-state index contributed by atoms with van der Waals surface area (Å²) < 4.78 is 0. The number of carbonyl (C=O) groups excluding carboxylic acids is 1. The summed E-state index contributed by atoms with van der Waals surface area (Å²) in [4.78, 5) is 12.5. The molecule has 0 heterocycles. The van der Waals surface area contributed by atoms with Gasteiger partial charge in [0.25, 0.3) is 0 Å². The number of halogens is 1. The molecule has 3 N–H and O–H groups in total. The number of phenolic OH excluding ortho intramolecular Hbond substituents is 1. The van der Waals surface area contributed by atoms with Gasteiger partial charge in [0.1, 0.15) is 5.75 Å². The minimum atomic E-state index is 0. The van der Waals surface area contributed by atoms with Gasteiger partial charge in [0.2, 0.25) is 0 Å². The lowest BCUT2D eigenvalue weighted by Gasteiger charge is -2.22. The lowest BCUT2D eigenvalue weighted by Crippen LogP contribution is -3.00. The number of phenols is 1. The van der Waals surface area contributed by atoms with Crippen molar-refractivity contribution >= 4 is 5.78 Å². The standard InChI is InChI=1S/C19H21NO2.ClH/c21-17-9-5-14(6-10-17)11-12-20-13-16-8-7-15-3-1-2-4-18(15)19(16)22;/h1-6,9-10,16,20-21H,7-8,11-13H2;1H. The summed E-state index contributed by atoms with van der Waals surface area (Å²) in [6.07, 6.45) is 2.93. The Hall–Kier alpha value is -1.84. The molecule has 0 fully saturated rings. The van der Waals surface area contributed by atoms with Gasteiger partial charge in [-0.25, -0.2) is 0 Å². The van der Waals surface area contributed by atoms with Crippen molar-refractivity contribution < 1.29 is 27.6 Å². The van der Waals surface area contributed by atoms with Crippen LogP contribution in [0.5, 0.6) is 5.75 Å². The largest absolute Gasteiger partial charge is 1.00 e. The van der Waals surface area contributed by atoms with Crippen LogP contribution < -0.4 is 17.7 Å². The maximum atomic E-state index is 12.5. The molecule has 1 atom stereocenters. The van der Waals surface area contributed by atoms with Crippen LogP contribution >= 0.6 is 0 Å². The van der Waals surface area contributed by atoms with Gasteiger partial charge < -0.3 is 22.8 Å². The Morgan fingerprint density at radius 3 is 2.61 bits per heavy atom. The summed E-state index contributed by atoms with van der Waals surface area (Å²) >= 11 is 0. The Morgan fingerprint density at radius 1 is 1.09 bits per heavy atom. The second kappa shape index (κ2) is 8.14. The first kappa shape index (κ1) is 17.5. The van der Waals surface area contributed by atoms with Crippen LogP contribution in [-0.4, -0.2) is 24.0 Å². The van der Waals surface area contributed by atoms with Crippen LogP contribution in [0, 0.1) is 5.92 Å². The van der Waals surface area contributed by atoms with E-state index in [0.29, 0.717) is 11.5 Å². The highest BCUT2D eigenvalue weighted by atomic mass is 35.5. The van der Waals surface area contributed by atoms with Gasteiger partial charge in [0.05, 0.1) is 19.0 Å². The molecular weight excluding hydrogens is 310 g/mol. The van der Waals surface area contributed by atoms with Gasteiger partial charge in [-0.15, -0.1) is 0 Å². The van der Waals surface area contributed by atoms with Gasteiger partial charge >= 0.3 is 0 Å². The molecule has 0 saturated heterocycles. The fraction of sp³-hybridized carbons (Fsp3) is 0.316. The summed E-state index contributed by atoms with van der Waals surface area (Å²) in [5.74, 6) is 0.761. The fourth-order valence-electron chi connectivity index (χ4n) is 3.13. The number of hydrogen-bond donors (Lipinski definition) is 2. The molecule has 0 bridgehead atoms. The molecule has 23 heavy (non-hydrogen) atoms. The Kier molecular flexibility index (Phi) is 6.20. The third-order valence-corrected chi connectivity index (χ3v) is 4.44. The zero-order chi connectivity index (χ0) is 15.4. The average molecular weight is 332 g/mol. The predicted octanol–water partition coefficient (Wildman–Crippen LogP) is -1.05. The maximum absolute atomic E-state index is 12.5. The molecule has 0 aliphatic heterocycles. The monoisotopic (exact) mass is 331 g/mol. The number of ketones is 1. The number of Topliss-reactive ketones (excluding diaryl/α,β-unsaturated/α-hetero) is 1. The molecule has 0 saturated carbocycles. The molecule has 2 aromatic rings. The Bertz CT molecular complexity index is 655. The van der Waals surface area contributed by atoms with Gasteiger partial charge in [-0.1, -0.05) is 36.4 Å². The summed E-state index contributed by atoms with van der Waals surface area (Å²) in [7, 11) is 0. The van der Waals surface area contributed by atoms with E-state index >= 15 is 0 Å². The Labute approximate surface area is 143 Å². The minimum Gasteiger partial charge on any atom is -1.00 e. The third-order valence-electron chi connectivity index (χ3n) is 4.44. The third kappa shape index (κ3) is 4.34. The van der Waals surface area contributed by atoms with E-state index in [1.54, 1.807) is 12.1 Å². The van der Waals surface area contributed by atoms with Gasteiger partial charge in [-0.2, -0.15) is 0 Å². The van der Waals surface area contributed by atoms with Crippen LogP contribution in [0.15, 0.2) is 48.5 Å². The van der Waals surface area contributed by atoms with Gasteiger partial charge in [-0.3, -0.25) is 4.79 Å². The predicted molar refractivity (Wildman–Crippen MR) is 86.1 cm³/mol. The first-order valence-electron chi connectivity index (χ1n) is 7.96. The van der Waals surface area contributed by atoms with Crippen LogP contribution in [0.3, 0.4) is 0 Å². The van der Waals surface area contributed by atoms with Crippen molar-refractivity contribution in [2.75, 3.05) is 13.1 Å². The number of aryl methyl sites for hydroxylation is 1. The number of aromatic hydroxyl groups is 1. The summed E-state index contributed by atoms with van der Waals surface area (Å²) in [5.41, 5.74) is 3.34. The second-order valence-electron chi connectivity index (χ2n) is 5.99. The first-order valence-corrected chi connectivity index (χ1v) is 7.96. The van der Waals surface area contributed by atoms with E-state index in [1.807, 2.05) is 30.3 Å². The summed E-state index contributed by atoms with van der Waals surface area (Å²) in [5, 5.41) is 11.5. The number of rotatable bonds is 5. The molecule has 3 rings (SSSR count). The van der Waals surface area contributed by atoms with E-state index in [9.17, 15) is 9.90 Å². The normalized spacial score (nSPS) is 16.5. The van der Waals surface area contributed by atoms with Crippen LogP contribution in [-0.2, 0) is 12.8 Å². The van der Waals surface area contributed by atoms with Gasteiger partial charge in [-0.05, 0) is 36.1 Å². The van der Waals surface area contributed by atoms with E-state index in [0.717, 1.165) is 37.9 Å². The number of nitrogens with two attached hydrogens (primary N) is 1. The Balaban J connectivity index is 0.00000192. The molecular formula is C19H22ClNO2. The smallest absolute Gasteiger partial charge is 0.171 e. The number of benzene rings is 2. The van der Waals surface area contributed by atoms with Crippen molar-refractivity contribution in [1.82, 2.24) is 0 Å². The summed E-state index contributed by atoms with van der Waals surface area (Å²) in [6, 6.07) is 15.3. The molecule has 0 spiro atoms. The van der Waals surface area contributed by atoms with Crippen molar-refractivity contribution in [3.63, 3.8) is 0 Å². The molecule has 0 radical (unpaired) electrons. The second-order valence-corrected chi connectivity index (χ2v) is 5.99. The molecule has 0 aromatic heterocycles. The van der Waals surface area contributed by atoms with Crippen molar-refractivity contribution in [2.45, 2.75) is 19.3 Å². The lowest BCUT2D eigenvalue weighted by molar-refractivity contribution is -0.658. The quantitative estimate of drug-likeness (QED) is 0.687. The highest BCUT2D eigenvalue weighted by Gasteiger charge is 2.27. The zero-order valence-corrected chi connectivity index (χ0v) is 13.8. The van der Waals surface area contributed by atoms with Crippen LogP contribution in [0.4, 0.5) is 0 Å². The Morgan fingerprint density at radius 2 is 1.83 bits per heavy atom. The maximum Gasteiger partial charge on any atom is 0.171 e. The molecule has 122 valence electrons. The van der Waals surface area contributed by atoms with Crippen molar-refractivity contribution in [3.8, 4) is 5.75 Å². The van der Waals surface area contributed by atoms with Gasteiger partial charge in [0.15, 0.2) is 5.78 Å². The first-order chi connectivity index (χ1) is 10.7. The SMILES string of the molecule is O=C1c2ccccc2CCC1C[NH2+]CCc1ccc(O)cc1.[Cl-]. The van der Waals surface area contributed by atoms with Crippen LogP contribution in [0.25, 0.3) is 0 Å². The molecule has 1 aliphatic carbocycles. The number of quaternary nitrogens is 1. The van der Waals surface area contributed by atoms with E-state index in [1.165, 1.54) is 11.1 Å². The van der Waals surface area contributed by atoms with Crippen molar-refractivity contribution in [3.05, 3.63) is 65.2 Å².